The van der Waals surface area contributed by atoms with Crippen molar-refractivity contribution < 1.29 is 4.42 Å². The minimum Gasteiger partial charge on any atom is -0.456 e. The van der Waals surface area contributed by atoms with Crippen molar-refractivity contribution in [2.45, 2.75) is 0 Å². The second-order valence-electron chi connectivity index (χ2n) is 12.2. The normalized spacial score (nSPS) is 11.3. The summed E-state index contributed by atoms with van der Waals surface area (Å²) in [6, 6.07) is 67.1. The van der Waals surface area contributed by atoms with Gasteiger partial charge in [-0.2, -0.15) is 0 Å². The van der Waals surface area contributed by atoms with Crippen molar-refractivity contribution in [3.63, 3.8) is 0 Å². The van der Waals surface area contributed by atoms with Gasteiger partial charge in [-0.25, -0.2) is 0 Å². The van der Waals surface area contributed by atoms with E-state index in [0.717, 1.165) is 44.9 Å². The predicted molar refractivity (Wildman–Crippen MR) is 202 cm³/mol. The smallest absolute Gasteiger partial charge is 0.135 e. The molecule has 0 fully saturated rings. The van der Waals surface area contributed by atoms with Crippen molar-refractivity contribution in [1.29, 1.82) is 0 Å². The highest BCUT2D eigenvalue weighted by Crippen LogP contribution is 2.42. The number of hydrogen-bond acceptors (Lipinski definition) is 2. The number of furan rings is 1. The molecule has 0 atom stereocenters. The second kappa shape index (κ2) is 11.8. The lowest BCUT2D eigenvalue weighted by molar-refractivity contribution is 0.631. The van der Waals surface area contributed by atoms with Crippen LogP contribution in [0.15, 0.2) is 192 Å². The van der Waals surface area contributed by atoms with Crippen LogP contribution in [0.25, 0.3) is 66.1 Å². The number of anilines is 3. The zero-order chi connectivity index (χ0) is 31.9. The summed E-state index contributed by atoms with van der Waals surface area (Å²) in [5.74, 6) is 0.882. The van der Waals surface area contributed by atoms with E-state index in [1.165, 1.54) is 38.2 Å². The highest BCUT2D eigenvalue weighted by atomic mass is 16.3. The van der Waals surface area contributed by atoms with Crippen molar-refractivity contribution >= 4 is 49.6 Å². The van der Waals surface area contributed by atoms with Crippen molar-refractivity contribution in [3.8, 4) is 33.6 Å². The molecule has 0 bridgehead atoms. The average Bonchev–Trinajstić information content (AvgIpc) is 3.60. The molecule has 0 saturated heterocycles. The first kappa shape index (κ1) is 27.9. The molecule has 226 valence electrons. The molecule has 48 heavy (non-hydrogen) atoms. The van der Waals surface area contributed by atoms with Crippen LogP contribution in [0, 0.1) is 0 Å². The molecular formula is C46H31NO. The summed E-state index contributed by atoms with van der Waals surface area (Å²) in [6.07, 6.45) is 0. The van der Waals surface area contributed by atoms with Gasteiger partial charge in [0, 0.05) is 27.9 Å². The van der Waals surface area contributed by atoms with Gasteiger partial charge >= 0.3 is 0 Å². The van der Waals surface area contributed by atoms with Gasteiger partial charge in [-0.15, -0.1) is 0 Å². The van der Waals surface area contributed by atoms with Crippen LogP contribution in [0.4, 0.5) is 17.1 Å². The van der Waals surface area contributed by atoms with Gasteiger partial charge in [0.25, 0.3) is 0 Å². The monoisotopic (exact) mass is 613 g/mol. The Bertz CT molecular complexity index is 2550. The molecular weight excluding hydrogens is 583 g/mol. The highest BCUT2D eigenvalue weighted by molar-refractivity contribution is 5.96. The number of nitrogens with zero attached hydrogens (tertiary/aromatic N) is 1. The summed E-state index contributed by atoms with van der Waals surface area (Å²) < 4.78 is 6.18. The van der Waals surface area contributed by atoms with Crippen LogP contribution in [0.5, 0.6) is 0 Å². The van der Waals surface area contributed by atoms with E-state index in [9.17, 15) is 0 Å². The Balaban J connectivity index is 1.14. The summed E-state index contributed by atoms with van der Waals surface area (Å²) in [4.78, 5) is 2.39. The topological polar surface area (TPSA) is 16.4 Å². The van der Waals surface area contributed by atoms with Crippen LogP contribution >= 0.6 is 0 Å². The zero-order valence-corrected chi connectivity index (χ0v) is 26.3. The van der Waals surface area contributed by atoms with Gasteiger partial charge in [-0.3, -0.25) is 0 Å². The van der Waals surface area contributed by atoms with Gasteiger partial charge in [0.2, 0.25) is 0 Å². The fourth-order valence-corrected chi connectivity index (χ4v) is 6.80. The Hall–Kier alpha value is -6.38. The van der Waals surface area contributed by atoms with Crippen molar-refractivity contribution in [2.24, 2.45) is 0 Å². The van der Waals surface area contributed by atoms with Gasteiger partial charge in [0.15, 0.2) is 0 Å². The van der Waals surface area contributed by atoms with Crippen LogP contribution in [0.2, 0.25) is 0 Å². The van der Waals surface area contributed by atoms with Crippen LogP contribution in [0.1, 0.15) is 0 Å². The molecule has 2 nitrogen and oxygen atoms in total. The predicted octanol–water partition coefficient (Wildman–Crippen LogP) is 13.2. The molecule has 0 unspecified atom stereocenters. The SMILES string of the molecule is c1ccc(-c2ccccc2N(c2ccc3ccccc3c2)c2ccc3cc(-c4cccc(-c5cc6ccccc6o5)c4)ccc3c2)cc1. The first-order chi connectivity index (χ1) is 23.8. The number of para-hydroxylation sites is 2. The molecule has 0 aliphatic rings. The molecule has 0 aliphatic carbocycles. The Kier molecular flexibility index (Phi) is 6.84. The summed E-state index contributed by atoms with van der Waals surface area (Å²) >= 11 is 0. The van der Waals surface area contributed by atoms with E-state index in [2.05, 4.69) is 175 Å². The molecule has 0 N–H and O–H groups in total. The Morgan fingerprint density at radius 3 is 1.75 bits per heavy atom. The number of benzene rings is 8. The van der Waals surface area contributed by atoms with E-state index in [1.807, 2.05) is 18.2 Å². The molecule has 1 aromatic heterocycles. The quantitative estimate of drug-likeness (QED) is 0.185. The van der Waals surface area contributed by atoms with Gasteiger partial charge in [0.05, 0.1) is 5.69 Å². The van der Waals surface area contributed by atoms with E-state index >= 15 is 0 Å². The van der Waals surface area contributed by atoms with Gasteiger partial charge in [0.1, 0.15) is 11.3 Å². The number of fused-ring (bicyclic) bond motifs is 3. The number of rotatable bonds is 6. The third-order valence-corrected chi connectivity index (χ3v) is 9.21. The lowest BCUT2D eigenvalue weighted by Gasteiger charge is -2.28. The molecule has 0 spiro atoms. The lowest BCUT2D eigenvalue weighted by Crippen LogP contribution is -2.11. The van der Waals surface area contributed by atoms with Crippen LogP contribution in [-0.2, 0) is 0 Å². The van der Waals surface area contributed by atoms with E-state index in [-0.39, 0.29) is 0 Å². The Labute approximate surface area is 279 Å². The Morgan fingerprint density at radius 2 is 0.917 bits per heavy atom. The third kappa shape index (κ3) is 5.10. The lowest BCUT2D eigenvalue weighted by atomic mass is 9.98. The molecule has 9 rings (SSSR count). The minimum absolute atomic E-state index is 0.882. The summed E-state index contributed by atoms with van der Waals surface area (Å²) in [5, 5.41) is 5.94. The third-order valence-electron chi connectivity index (χ3n) is 9.21. The average molecular weight is 614 g/mol. The first-order valence-corrected chi connectivity index (χ1v) is 16.3. The maximum Gasteiger partial charge on any atom is 0.135 e. The molecule has 0 amide bonds. The van der Waals surface area contributed by atoms with Gasteiger partial charge < -0.3 is 9.32 Å². The molecule has 9 aromatic rings. The summed E-state index contributed by atoms with van der Waals surface area (Å²) in [7, 11) is 0. The maximum absolute atomic E-state index is 6.18. The van der Waals surface area contributed by atoms with E-state index in [1.54, 1.807) is 0 Å². The van der Waals surface area contributed by atoms with Crippen LogP contribution < -0.4 is 4.90 Å². The van der Waals surface area contributed by atoms with Crippen molar-refractivity contribution in [2.75, 3.05) is 4.90 Å². The number of hydrogen-bond donors (Lipinski definition) is 0. The molecule has 0 aliphatic heterocycles. The summed E-state index contributed by atoms with van der Waals surface area (Å²) in [5.41, 5.74) is 10.1. The van der Waals surface area contributed by atoms with E-state index in [4.69, 9.17) is 4.42 Å². The van der Waals surface area contributed by atoms with Crippen molar-refractivity contribution in [1.82, 2.24) is 0 Å². The standard InChI is InChI=1S/C46H31NO/c1-2-12-33(13-3-1)43-18-7-8-19-44(43)47(41-25-23-32-11-4-5-14-35(32)29-41)42-26-24-37-27-36(21-22-38(37)30-42)34-16-10-17-39(28-34)46-31-40-15-6-9-20-45(40)48-46/h1-31H. The van der Waals surface area contributed by atoms with Crippen LogP contribution in [-0.4, -0.2) is 0 Å². The highest BCUT2D eigenvalue weighted by Gasteiger charge is 2.18. The van der Waals surface area contributed by atoms with Gasteiger partial charge in [-0.05, 0) is 92.8 Å². The zero-order valence-electron chi connectivity index (χ0n) is 26.3. The Morgan fingerprint density at radius 1 is 0.333 bits per heavy atom. The van der Waals surface area contributed by atoms with Gasteiger partial charge in [-0.1, -0.05) is 133 Å². The maximum atomic E-state index is 6.18. The fraction of sp³-hybridized carbons (Fsp3) is 0. The molecule has 0 saturated carbocycles. The second-order valence-corrected chi connectivity index (χ2v) is 12.2. The van der Waals surface area contributed by atoms with E-state index < -0.39 is 0 Å². The molecule has 1 heterocycles. The first-order valence-electron chi connectivity index (χ1n) is 16.3. The fourth-order valence-electron chi connectivity index (χ4n) is 6.80. The molecule has 2 heteroatoms. The largest absolute Gasteiger partial charge is 0.456 e. The minimum atomic E-state index is 0.882. The van der Waals surface area contributed by atoms with Crippen LogP contribution in [0.3, 0.4) is 0 Å². The molecule has 8 aromatic carbocycles. The molecule has 0 radical (unpaired) electrons. The van der Waals surface area contributed by atoms with E-state index in [0.29, 0.717) is 0 Å². The summed E-state index contributed by atoms with van der Waals surface area (Å²) in [6.45, 7) is 0. The van der Waals surface area contributed by atoms with Crippen molar-refractivity contribution in [3.05, 3.63) is 188 Å².